The second-order valence-electron chi connectivity index (χ2n) is 7.82. The van der Waals surface area contributed by atoms with E-state index in [1.165, 1.54) is 31.2 Å². The number of carbonyl (C=O) groups excluding carboxylic acids is 2. The molecule has 1 saturated carbocycles. The van der Waals surface area contributed by atoms with E-state index in [2.05, 4.69) is 5.32 Å². The number of amides is 2. The number of nitrogens with zero attached hydrogens (tertiary/aromatic N) is 1. The minimum absolute atomic E-state index is 0.0678. The number of ether oxygens (including phenoxy) is 1. The lowest BCUT2D eigenvalue weighted by Crippen LogP contribution is -2.50. The molecule has 1 heterocycles. The number of methoxy groups -OCH3 is 1. The van der Waals surface area contributed by atoms with Gasteiger partial charge in [-0.1, -0.05) is 37.8 Å². The van der Waals surface area contributed by atoms with Gasteiger partial charge in [0.1, 0.15) is 5.75 Å². The van der Waals surface area contributed by atoms with E-state index < -0.39 is 0 Å². The summed E-state index contributed by atoms with van der Waals surface area (Å²) in [4.78, 5) is 27.0. The monoisotopic (exact) mass is 372 g/mol. The van der Waals surface area contributed by atoms with Crippen molar-refractivity contribution in [3.8, 4) is 5.75 Å². The Morgan fingerprint density at radius 2 is 1.81 bits per heavy atom. The molecule has 1 N–H and O–H groups in total. The van der Waals surface area contributed by atoms with Gasteiger partial charge in [0.2, 0.25) is 11.8 Å². The maximum absolute atomic E-state index is 12.6. The molecule has 1 atom stereocenters. The van der Waals surface area contributed by atoms with E-state index >= 15 is 0 Å². The van der Waals surface area contributed by atoms with Gasteiger partial charge in [-0.25, -0.2) is 0 Å². The quantitative estimate of drug-likeness (QED) is 0.780. The van der Waals surface area contributed by atoms with Crippen LogP contribution in [-0.4, -0.2) is 43.0 Å². The SMILES string of the molecule is COc1ccc(CCNC(=O)[C@H]2CCC(=O)N(C3CCCCCC3)C2)cc1. The highest BCUT2D eigenvalue weighted by Gasteiger charge is 2.34. The highest BCUT2D eigenvalue weighted by Crippen LogP contribution is 2.27. The summed E-state index contributed by atoms with van der Waals surface area (Å²) in [6.07, 6.45) is 9.12. The zero-order valence-electron chi connectivity index (χ0n) is 16.4. The van der Waals surface area contributed by atoms with Gasteiger partial charge in [-0.2, -0.15) is 0 Å². The highest BCUT2D eigenvalue weighted by molar-refractivity contribution is 5.84. The Labute approximate surface area is 162 Å². The first-order chi connectivity index (χ1) is 13.2. The predicted molar refractivity (Wildman–Crippen MR) is 106 cm³/mol. The number of hydrogen-bond donors (Lipinski definition) is 1. The summed E-state index contributed by atoms with van der Waals surface area (Å²) in [5.41, 5.74) is 1.18. The van der Waals surface area contributed by atoms with Crippen LogP contribution >= 0.6 is 0 Å². The molecular weight excluding hydrogens is 340 g/mol. The van der Waals surface area contributed by atoms with Crippen molar-refractivity contribution in [2.24, 2.45) is 5.92 Å². The van der Waals surface area contributed by atoms with Crippen LogP contribution in [0.3, 0.4) is 0 Å². The number of hydrogen-bond acceptors (Lipinski definition) is 3. The largest absolute Gasteiger partial charge is 0.497 e. The first-order valence-electron chi connectivity index (χ1n) is 10.4. The van der Waals surface area contributed by atoms with E-state index in [9.17, 15) is 9.59 Å². The molecule has 0 aromatic heterocycles. The summed E-state index contributed by atoms with van der Waals surface area (Å²) in [5.74, 6) is 1.11. The van der Waals surface area contributed by atoms with Crippen LogP contribution in [0.15, 0.2) is 24.3 Å². The van der Waals surface area contributed by atoms with Gasteiger partial charge in [-0.3, -0.25) is 9.59 Å². The second-order valence-corrected chi connectivity index (χ2v) is 7.82. The summed E-state index contributed by atoms with van der Waals surface area (Å²) >= 11 is 0. The minimum atomic E-state index is -0.0678. The van der Waals surface area contributed by atoms with E-state index in [0.29, 0.717) is 32.0 Å². The minimum Gasteiger partial charge on any atom is -0.497 e. The van der Waals surface area contributed by atoms with Crippen molar-refractivity contribution in [1.82, 2.24) is 10.2 Å². The van der Waals surface area contributed by atoms with Crippen LogP contribution in [0.5, 0.6) is 5.75 Å². The normalized spacial score (nSPS) is 21.6. The number of rotatable bonds is 6. The fourth-order valence-corrected chi connectivity index (χ4v) is 4.27. The third kappa shape index (κ3) is 5.47. The lowest BCUT2D eigenvalue weighted by atomic mass is 9.93. The molecule has 1 aromatic rings. The summed E-state index contributed by atoms with van der Waals surface area (Å²) in [7, 11) is 1.66. The van der Waals surface area contributed by atoms with Crippen LogP contribution in [0.2, 0.25) is 0 Å². The summed E-state index contributed by atoms with van der Waals surface area (Å²) in [5, 5.41) is 3.07. The molecule has 0 spiro atoms. The number of nitrogens with one attached hydrogen (secondary N) is 1. The number of piperidine rings is 1. The van der Waals surface area contributed by atoms with E-state index in [-0.39, 0.29) is 17.7 Å². The Hall–Kier alpha value is -2.04. The maximum atomic E-state index is 12.6. The van der Waals surface area contributed by atoms with Gasteiger partial charge in [0.15, 0.2) is 0 Å². The topological polar surface area (TPSA) is 58.6 Å². The Balaban J connectivity index is 1.47. The number of benzene rings is 1. The van der Waals surface area contributed by atoms with Gasteiger partial charge in [0, 0.05) is 25.6 Å². The maximum Gasteiger partial charge on any atom is 0.224 e. The van der Waals surface area contributed by atoms with Crippen molar-refractivity contribution in [2.45, 2.75) is 63.8 Å². The molecule has 148 valence electrons. The van der Waals surface area contributed by atoms with E-state index in [1.54, 1.807) is 7.11 Å². The smallest absolute Gasteiger partial charge is 0.224 e. The Morgan fingerprint density at radius 3 is 2.48 bits per heavy atom. The zero-order chi connectivity index (χ0) is 19.1. The van der Waals surface area contributed by atoms with E-state index in [4.69, 9.17) is 4.74 Å². The molecule has 5 heteroatoms. The van der Waals surface area contributed by atoms with Crippen LogP contribution in [0.4, 0.5) is 0 Å². The molecule has 2 fully saturated rings. The summed E-state index contributed by atoms with van der Waals surface area (Å²) < 4.78 is 5.17. The lowest BCUT2D eigenvalue weighted by molar-refractivity contribution is -0.141. The van der Waals surface area contributed by atoms with Crippen molar-refractivity contribution >= 4 is 11.8 Å². The van der Waals surface area contributed by atoms with Gasteiger partial charge in [0.25, 0.3) is 0 Å². The van der Waals surface area contributed by atoms with Crippen LogP contribution < -0.4 is 10.1 Å². The standard InChI is InChI=1S/C22H32N2O3/c1-27-20-11-8-17(9-12-20)14-15-23-22(26)18-10-13-21(25)24(16-18)19-6-4-2-3-5-7-19/h8-9,11-12,18-19H,2-7,10,13-16H2,1H3,(H,23,26)/t18-/m0/s1. The molecule has 1 aliphatic heterocycles. The molecular formula is C22H32N2O3. The fourth-order valence-electron chi connectivity index (χ4n) is 4.27. The number of carbonyl (C=O) groups is 2. The summed E-state index contributed by atoms with van der Waals surface area (Å²) in [6.45, 7) is 1.22. The van der Waals surface area contributed by atoms with Crippen molar-refractivity contribution in [2.75, 3.05) is 20.2 Å². The fraction of sp³-hybridized carbons (Fsp3) is 0.636. The van der Waals surface area contributed by atoms with E-state index in [0.717, 1.165) is 25.0 Å². The second kappa shape index (κ2) is 9.77. The molecule has 0 radical (unpaired) electrons. The Morgan fingerprint density at radius 1 is 1.11 bits per heavy atom. The molecule has 5 nitrogen and oxygen atoms in total. The lowest BCUT2D eigenvalue weighted by Gasteiger charge is -2.37. The molecule has 2 amide bonds. The number of likely N-dealkylation sites (tertiary alicyclic amines) is 1. The first-order valence-corrected chi connectivity index (χ1v) is 10.4. The van der Waals surface area contributed by atoms with Gasteiger partial charge >= 0.3 is 0 Å². The van der Waals surface area contributed by atoms with Gasteiger partial charge in [-0.05, 0) is 43.4 Å². The van der Waals surface area contributed by atoms with Gasteiger partial charge in [0.05, 0.1) is 13.0 Å². The summed E-state index contributed by atoms with van der Waals surface area (Å²) in [6, 6.07) is 8.27. The average Bonchev–Trinajstić information content (AvgIpc) is 2.98. The average molecular weight is 373 g/mol. The van der Waals surface area contributed by atoms with Crippen LogP contribution in [0, 0.1) is 5.92 Å². The van der Waals surface area contributed by atoms with Gasteiger partial charge < -0.3 is 15.0 Å². The molecule has 1 saturated heterocycles. The van der Waals surface area contributed by atoms with Crippen LogP contribution in [-0.2, 0) is 16.0 Å². The van der Waals surface area contributed by atoms with Crippen molar-refractivity contribution in [1.29, 1.82) is 0 Å². The highest BCUT2D eigenvalue weighted by atomic mass is 16.5. The third-order valence-electron chi connectivity index (χ3n) is 5.95. The van der Waals surface area contributed by atoms with Crippen molar-refractivity contribution in [3.63, 3.8) is 0 Å². The molecule has 1 aliphatic carbocycles. The zero-order valence-corrected chi connectivity index (χ0v) is 16.4. The Kier molecular flexibility index (Phi) is 7.13. The predicted octanol–water partition coefficient (Wildman–Crippen LogP) is 3.32. The Bertz CT molecular complexity index is 621. The molecule has 3 rings (SSSR count). The van der Waals surface area contributed by atoms with Gasteiger partial charge in [-0.15, -0.1) is 0 Å². The van der Waals surface area contributed by atoms with Crippen molar-refractivity contribution < 1.29 is 14.3 Å². The third-order valence-corrected chi connectivity index (χ3v) is 5.95. The van der Waals surface area contributed by atoms with Crippen LogP contribution in [0.25, 0.3) is 0 Å². The first kappa shape index (κ1) is 19.7. The van der Waals surface area contributed by atoms with E-state index in [1.807, 2.05) is 29.2 Å². The van der Waals surface area contributed by atoms with Crippen LogP contribution in [0.1, 0.15) is 56.9 Å². The molecule has 0 bridgehead atoms. The molecule has 27 heavy (non-hydrogen) atoms. The molecule has 2 aliphatic rings. The molecule has 1 aromatic carbocycles. The molecule has 0 unspecified atom stereocenters. The van der Waals surface area contributed by atoms with Crippen molar-refractivity contribution in [3.05, 3.63) is 29.8 Å².